The number of halogens is 1. The number of carbonyl (C=O) groups excluding carboxylic acids is 2. The zero-order chi connectivity index (χ0) is 16.8. The van der Waals surface area contributed by atoms with E-state index < -0.39 is 0 Å². The third-order valence-corrected chi connectivity index (χ3v) is 4.19. The van der Waals surface area contributed by atoms with E-state index in [1.54, 1.807) is 18.5 Å². The van der Waals surface area contributed by atoms with Crippen LogP contribution in [0.4, 0.5) is 5.69 Å². The molecule has 1 heterocycles. The number of amides is 2. The van der Waals surface area contributed by atoms with Gasteiger partial charge in [-0.1, -0.05) is 28.1 Å². The Morgan fingerprint density at radius 2 is 2.09 bits per heavy atom. The van der Waals surface area contributed by atoms with Gasteiger partial charge < -0.3 is 10.2 Å². The maximum atomic E-state index is 12.2. The molecule has 23 heavy (non-hydrogen) atoms. The molecule has 0 bridgehead atoms. The molecule has 0 fully saturated rings. The molecule has 1 N–H and O–H groups in total. The van der Waals surface area contributed by atoms with Crippen LogP contribution in [0.5, 0.6) is 0 Å². The Balaban J connectivity index is 2.00. The number of benzene rings is 1. The minimum atomic E-state index is -0.236. The summed E-state index contributed by atoms with van der Waals surface area (Å²) in [7, 11) is 0. The minimum absolute atomic E-state index is 0.00424. The van der Waals surface area contributed by atoms with Crippen LogP contribution in [-0.2, 0) is 16.1 Å². The smallest absolute Gasteiger partial charge is 0.244 e. The highest BCUT2D eigenvalue weighted by Crippen LogP contribution is 2.20. The lowest BCUT2D eigenvalue weighted by Gasteiger charge is -2.20. The van der Waals surface area contributed by atoms with Gasteiger partial charge in [-0.25, -0.2) is 0 Å². The molecule has 1 aromatic heterocycles. The molecule has 0 aliphatic heterocycles. The molecule has 5 nitrogen and oxygen atoms in total. The van der Waals surface area contributed by atoms with E-state index in [4.69, 9.17) is 0 Å². The van der Waals surface area contributed by atoms with Crippen molar-refractivity contribution in [3.8, 4) is 0 Å². The highest BCUT2D eigenvalue weighted by molar-refractivity contribution is 9.10. The van der Waals surface area contributed by atoms with E-state index in [9.17, 15) is 9.59 Å². The summed E-state index contributed by atoms with van der Waals surface area (Å²) in [5.74, 6) is -0.395. The van der Waals surface area contributed by atoms with E-state index in [2.05, 4.69) is 26.2 Å². The summed E-state index contributed by atoms with van der Waals surface area (Å²) in [4.78, 5) is 29.4. The number of aryl methyl sites for hydroxylation is 1. The van der Waals surface area contributed by atoms with Gasteiger partial charge in [0.2, 0.25) is 11.8 Å². The fraction of sp³-hybridized carbons (Fsp3) is 0.235. The van der Waals surface area contributed by atoms with Gasteiger partial charge in [-0.15, -0.1) is 0 Å². The maximum absolute atomic E-state index is 12.2. The summed E-state index contributed by atoms with van der Waals surface area (Å²) in [6.07, 6.45) is 3.36. The molecule has 2 aromatic rings. The van der Waals surface area contributed by atoms with Crippen LogP contribution in [-0.4, -0.2) is 28.2 Å². The molecular formula is C17H18BrN3O2. The first-order chi connectivity index (χ1) is 11.0. The lowest BCUT2D eigenvalue weighted by atomic mass is 10.2. The first kappa shape index (κ1) is 17.1. The molecule has 0 saturated heterocycles. The molecule has 1 aromatic carbocycles. The third-order valence-electron chi connectivity index (χ3n) is 3.33. The van der Waals surface area contributed by atoms with Crippen LogP contribution >= 0.6 is 15.9 Å². The molecule has 6 heteroatoms. The Labute approximate surface area is 143 Å². The van der Waals surface area contributed by atoms with Crippen molar-refractivity contribution in [2.75, 3.05) is 11.9 Å². The number of nitrogens with zero attached hydrogens (tertiary/aromatic N) is 2. The molecular weight excluding hydrogens is 358 g/mol. The SMILES string of the molecule is CC(=O)N(CC(=O)Nc1ccc(C)c(Br)c1)Cc1cccnc1. The predicted octanol–water partition coefficient (Wildman–Crippen LogP) is 3.14. The van der Waals surface area contributed by atoms with Crippen LogP contribution < -0.4 is 5.32 Å². The summed E-state index contributed by atoms with van der Waals surface area (Å²) in [5.41, 5.74) is 2.66. The topological polar surface area (TPSA) is 62.3 Å². The van der Waals surface area contributed by atoms with E-state index >= 15 is 0 Å². The van der Waals surface area contributed by atoms with Crippen molar-refractivity contribution in [3.63, 3.8) is 0 Å². The Kier molecular flexibility index (Phi) is 5.87. The van der Waals surface area contributed by atoms with Crippen LogP contribution in [0.1, 0.15) is 18.1 Å². The number of pyridine rings is 1. The number of aromatic nitrogens is 1. The Hall–Kier alpha value is -2.21. The monoisotopic (exact) mass is 375 g/mol. The standard InChI is InChI=1S/C17H18BrN3O2/c1-12-5-6-15(8-16(12)18)20-17(23)11-21(13(2)22)10-14-4-3-7-19-9-14/h3-9H,10-11H2,1-2H3,(H,20,23). The second-order valence-electron chi connectivity index (χ2n) is 5.25. The molecule has 0 unspecified atom stereocenters. The molecule has 2 rings (SSSR count). The molecule has 0 radical (unpaired) electrons. The van der Waals surface area contributed by atoms with Crippen molar-refractivity contribution in [1.29, 1.82) is 0 Å². The molecule has 0 atom stereocenters. The van der Waals surface area contributed by atoms with Gasteiger partial charge in [-0.05, 0) is 36.2 Å². The van der Waals surface area contributed by atoms with Crippen molar-refractivity contribution < 1.29 is 9.59 Å². The van der Waals surface area contributed by atoms with Crippen LogP contribution in [0.15, 0.2) is 47.2 Å². The molecule has 120 valence electrons. The average molecular weight is 376 g/mol. The first-order valence-corrected chi connectivity index (χ1v) is 7.95. The molecule has 0 aliphatic carbocycles. The van der Waals surface area contributed by atoms with Gasteiger partial charge in [0.1, 0.15) is 6.54 Å². The summed E-state index contributed by atoms with van der Waals surface area (Å²) in [6.45, 7) is 3.77. The minimum Gasteiger partial charge on any atom is -0.329 e. The molecule has 0 saturated carbocycles. The van der Waals surface area contributed by atoms with E-state index in [0.717, 1.165) is 15.6 Å². The fourth-order valence-electron chi connectivity index (χ4n) is 2.04. The Morgan fingerprint density at radius 1 is 1.30 bits per heavy atom. The highest BCUT2D eigenvalue weighted by atomic mass is 79.9. The van der Waals surface area contributed by atoms with Crippen LogP contribution in [0.3, 0.4) is 0 Å². The third kappa shape index (κ3) is 5.17. The lowest BCUT2D eigenvalue weighted by molar-refractivity contribution is -0.133. The molecule has 0 aliphatic rings. The van der Waals surface area contributed by atoms with Crippen molar-refractivity contribution in [2.45, 2.75) is 20.4 Å². The molecule has 2 amide bonds. The second-order valence-corrected chi connectivity index (χ2v) is 6.10. The van der Waals surface area contributed by atoms with Gasteiger partial charge in [0.15, 0.2) is 0 Å². The number of rotatable bonds is 5. The van der Waals surface area contributed by atoms with Crippen LogP contribution in [0, 0.1) is 6.92 Å². The number of anilines is 1. The normalized spacial score (nSPS) is 10.2. The largest absolute Gasteiger partial charge is 0.329 e. The summed E-state index contributed by atoms with van der Waals surface area (Å²) < 4.78 is 0.925. The predicted molar refractivity (Wildman–Crippen MR) is 92.8 cm³/mol. The van der Waals surface area contributed by atoms with Crippen molar-refractivity contribution in [3.05, 3.63) is 58.3 Å². The summed E-state index contributed by atoms with van der Waals surface area (Å²) in [5, 5.41) is 2.80. The average Bonchev–Trinajstić information content (AvgIpc) is 2.51. The van der Waals surface area contributed by atoms with Gasteiger partial charge >= 0.3 is 0 Å². The summed E-state index contributed by atoms with van der Waals surface area (Å²) >= 11 is 3.43. The van der Waals surface area contributed by atoms with Crippen LogP contribution in [0.2, 0.25) is 0 Å². The quantitative estimate of drug-likeness (QED) is 0.872. The summed E-state index contributed by atoms with van der Waals surface area (Å²) in [6, 6.07) is 9.26. The van der Waals surface area contributed by atoms with Crippen LogP contribution in [0.25, 0.3) is 0 Å². The van der Waals surface area contributed by atoms with Gasteiger partial charge in [0.25, 0.3) is 0 Å². The fourth-order valence-corrected chi connectivity index (χ4v) is 2.41. The first-order valence-electron chi connectivity index (χ1n) is 7.16. The zero-order valence-electron chi connectivity index (χ0n) is 13.0. The van der Waals surface area contributed by atoms with Gasteiger partial charge in [0, 0.05) is 36.0 Å². The number of hydrogen-bond acceptors (Lipinski definition) is 3. The second kappa shape index (κ2) is 7.87. The van der Waals surface area contributed by atoms with E-state index in [1.165, 1.54) is 11.8 Å². The Morgan fingerprint density at radius 3 is 2.70 bits per heavy atom. The van der Waals surface area contributed by atoms with Gasteiger partial charge in [-0.3, -0.25) is 14.6 Å². The molecule has 0 spiro atoms. The van der Waals surface area contributed by atoms with E-state index in [0.29, 0.717) is 12.2 Å². The Bertz CT molecular complexity index is 704. The van der Waals surface area contributed by atoms with Crippen molar-refractivity contribution in [1.82, 2.24) is 9.88 Å². The number of hydrogen-bond donors (Lipinski definition) is 1. The zero-order valence-corrected chi connectivity index (χ0v) is 14.6. The number of carbonyl (C=O) groups is 2. The lowest BCUT2D eigenvalue weighted by Crippen LogP contribution is -2.36. The van der Waals surface area contributed by atoms with E-state index in [1.807, 2.05) is 31.2 Å². The van der Waals surface area contributed by atoms with E-state index in [-0.39, 0.29) is 18.4 Å². The van der Waals surface area contributed by atoms with Crippen molar-refractivity contribution in [2.24, 2.45) is 0 Å². The highest BCUT2D eigenvalue weighted by Gasteiger charge is 2.14. The van der Waals surface area contributed by atoms with Gasteiger partial charge in [0.05, 0.1) is 0 Å². The number of nitrogens with one attached hydrogen (secondary N) is 1. The maximum Gasteiger partial charge on any atom is 0.244 e. The van der Waals surface area contributed by atoms with Crippen molar-refractivity contribution >= 4 is 33.4 Å². The van der Waals surface area contributed by atoms with Gasteiger partial charge in [-0.2, -0.15) is 0 Å².